The lowest BCUT2D eigenvalue weighted by molar-refractivity contribution is 0.449. The summed E-state index contributed by atoms with van der Waals surface area (Å²) in [6, 6.07) is 6.49. The molecule has 2 aromatic rings. The molecule has 0 saturated carbocycles. The molecule has 1 unspecified atom stereocenters. The minimum Gasteiger partial charge on any atom is -0.326 e. The number of imidazole rings is 1. The molecule has 0 spiro atoms. The number of hydrogen-bond acceptors (Lipinski definition) is 2. The summed E-state index contributed by atoms with van der Waals surface area (Å²) < 4.78 is 2.26. The van der Waals surface area contributed by atoms with Gasteiger partial charge in [0.1, 0.15) is 0 Å². The van der Waals surface area contributed by atoms with Crippen LogP contribution in [0.5, 0.6) is 0 Å². The highest BCUT2D eigenvalue weighted by Gasteiger charge is 2.21. The van der Waals surface area contributed by atoms with Crippen LogP contribution in [0.25, 0.3) is 0 Å². The molecule has 2 aromatic heterocycles. The maximum absolute atomic E-state index is 4.43. The van der Waals surface area contributed by atoms with Crippen LogP contribution in [0.15, 0.2) is 36.9 Å². The van der Waals surface area contributed by atoms with Crippen LogP contribution in [0.3, 0.4) is 0 Å². The second-order valence-corrected chi connectivity index (χ2v) is 3.95. The zero-order valence-electron chi connectivity index (χ0n) is 8.50. The van der Waals surface area contributed by atoms with Gasteiger partial charge in [-0.25, -0.2) is 4.98 Å². The van der Waals surface area contributed by atoms with Crippen LogP contribution in [0.2, 0.25) is 0 Å². The van der Waals surface area contributed by atoms with Crippen molar-refractivity contribution in [1.82, 2.24) is 14.5 Å². The lowest BCUT2D eigenvalue weighted by Gasteiger charge is -2.24. The molecule has 1 aliphatic heterocycles. The summed E-state index contributed by atoms with van der Waals surface area (Å²) in [4.78, 5) is 8.65. The predicted molar refractivity (Wildman–Crippen MR) is 57.5 cm³/mol. The van der Waals surface area contributed by atoms with Gasteiger partial charge >= 0.3 is 0 Å². The molecule has 0 N–H and O–H groups in total. The minimum atomic E-state index is 0.387. The van der Waals surface area contributed by atoms with Gasteiger partial charge in [-0.2, -0.15) is 0 Å². The SMILES string of the molecule is c1ccc(C2CCCc3cncn32)nc1. The van der Waals surface area contributed by atoms with Crippen LogP contribution in [0.4, 0.5) is 0 Å². The van der Waals surface area contributed by atoms with Gasteiger partial charge in [-0.15, -0.1) is 0 Å². The van der Waals surface area contributed by atoms with Gasteiger partial charge in [-0.3, -0.25) is 4.98 Å². The van der Waals surface area contributed by atoms with Crippen LogP contribution in [-0.2, 0) is 6.42 Å². The molecule has 1 atom stereocenters. The van der Waals surface area contributed by atoms with Crippen LogP contribution in [-0.4, -0.2) is 14.5 Å². The molecule has 15 heavy (non-hydrogen) atoms. The highest BCUT2D eigenvalue weighted by molar-refractivity contribution is 5.15. The summed E-state index contributed by atoms with van der Waals surface area (Å²) in [5, 5.41) is 0. The Morgan fingerprint density at radius 2 is 2.33 bits per heavy atom. The van der Waals surface area contributed by atoms with E-state index in [2.05, 4.69) is 20.6 Å². The Morgan fingerprint density at radius 1 is 1.33 bits per heavy atom. The summed E-state index contributed by atoms with van der Waals surface area (Å²) in [7, 11) is 0. The third-order valence-corrected chi connectivity index (χ3v) is 3.02. The summed E-state index contributed by atoms with van der Waals surface area (Å²) in [6.45, 7) is 0. The maximum atomic E-state index is 4.43. The van der Waals surface area contributed by atoms with E-state index in [1.165, 1.54) is 18.5 Å². The van der Waals surface area contributed by atoms with E-state index in [9.17, 15) is 0 Å². The number of fused-ring (bicyclic) bond motifs is 1. The topological polar surface area (TPSA) is 30.7 Å². The van der Waals surface area contributed by atoms with Crippen LogP contribution in [0.1, 0.15) is 30.3 Å². The van der Waals surface area contributed by atoms with Gasteiger partial charge in [0.15, 0.2) is 0 Å². The Balaban J connectivity index is 2.03. The second-order valence-electron chi connectivity index (χ2n) is 3.95. The molecule has 3 heteroatoms. The fourth-order valence-corrected chi connectivity index (χ4v) is 2.29. The van der Waals surface area contributed by atoms with E-state index in [-0.39, 0.29) is 0 Å². The number of rotatable bonds is 1. The second kappa shape index (κ2) is 3.50. The number of aryl methyl sites for hydroxylation is 1. The Bertz CT molecular complexity index is 447. The average Bonchev–Trinajstić information content (AvgIpc) is 2.78. The third-order valence-electron chi connectivity index (χ3n) is 3.02. The van der Waals surface area contributed by atoms with Crippen molar-refractivity contribution in [3.8, 4) is 0 Å². The molecule has 76 valence electrons. The largest absolute Gasteiger partial charge is 0.326 e. The van der Waals surface area contributed by atoms with E-state index in [1.807, 2.05) is 30.9 Å². The standard InChI is InChI=1S/C12H13N3/c1-2-7-14-11(5-1)12-6-3-4-10-8-13-9-15(10)12/h1-2,5,7-9,12H,3-4,6H2. The smallest absolute Gasteiger partial charge is 0.0954 e. The Labute approximate surface area is 88.8 Å². The van der Waals surface area contributed by atoms with E-state index in [0.717, 1.165) is 12.1 Å². The summed E-state index contributed by atoms with van der Waals surface area (Å²) >= 11 is 0. The van der Waals surface area contributed by atoms with Crippen molar-refractivity contribution >= 4 is 0 Å². The third kappa shape index (κ3) is 1.44. The van der Waals surface area contributed by atoms with Crippen molar-refractivity contribution in [3.63, 3.8) is 0 Å². The van der Waals surface area contributed by atoms with Crippen molar-refractivity contribution in [2.75, 3.05) is 0 Å². The van der Waals surface area contributed by atoms with Gasteiger partial charge in [0.05, 0.1) is 18.1 Å². The molecule has 3 nitrogen and oxygen atoms in total. The van der Waals surface area contributed by atoms with Crippen LogP contribution in [0, 0.1) is 0 Å². The summed E-state index contributed by atoms with van der Waals surface area (Å²) in [6.07, 6.45) is 9.29. The van der Waals surface area contributed by atoms with Crippen LogP contribution < -0.4 is 0 Å². The maximum Gasteiger partial charge on any atom is 0.0954 e. The number of nitrogens with zero attached hydrogens (tertiary/aromatic N) is 3. The molecule has 0 saturated heterocycles. The Kier molecular flexibility index (Phi) is 2.02. The Hall–Kier alpha value is -1.64. The van der Waals surface area contributed by atoms with E-state index in [4.69, 9.17) is 0 Å². The lowest BCUT2D eigenvalue weighted by atomic mass is 10.00. The summed E-state index contributed by atoms with van der Waals surface area (Å²) in [5.74, 6) is 0. The molecule has 0 radical (unpaired) electrons. The molecule has 0 bridgehead atoms. The van der Waals surface area contributed by atoms with Gasteiger partial charge in [0.25, 0.3) is 0 Å². The molecule has 0 fully saturated rings. The number of aromatic nitrogens is 3. The molecular weight excluding hydrogens is 186 g/mol. The highest BCUT2D eigenvalue weighted by atomic mass is 15.1. The molecule has 0 aliphatic carbocycles. The Morgan fingerprint density at radius 3 is 3.20 bits per heavy atom. The van der Waals surface area contributed by atoms with Gasteiger partial charge in [0, 0.05) is 18.1 Å². The van der Waals surface area contributed by atoms with Gasteiger partial charge in [-0.05, 0) is 31.4 Å². The molecular formula is C12H13N3. The lowest BCUT2D eigenvalue weighted by Crippen LogP contribution is -2.18. The highest BCUT2D eigenvalue weighted by Crippen LogP contribution is 2.28. The molecule has 0 amide bonds. The zero-order chi connectivity index (χ0) is 10.1. The van der Waals surface area contributed by atoms with Crippen molar-refractivity contribution in [1.29, 1.82) is 0 Å². The fraction of sp³-hybridized carbons (Fsp3) is 0.333. The van der Waals surface area contributed by atoms with E-state index in [1.54, 1.807) is 0 Å². The normalized spacial score (nSPS) is 19.9. The van der Waals surface area contributed by atoms with Gasteiger partial charge < -0.3 is 4.57 Å². The van der Waals surface area contributed by atoms with Gasteiger partial charge in [0.2, 0.25) is 0 Å². The predicted octanol–water partition coefficient (Wildman–Crippen LogP) is 2.20. The van der Waals surface area contributed by atoms with Crippen molar-refractivity contribution in [2.24, 2.45) is 0 Å². The monoisotopic (exact) mass is 199 g/mol. The molecule has 3 rings (SSSR count). The first kappa shape index (κ1) is 8.65. The molecule has 3 heterocycles. The minimum absolute atomic E-state index is 0.387. The first-order valence-corrected chi connectivity index (χ1v) is 5.37. The van der Waals surface area contributed by atoms with Crippen LogP contribution >= 0.6 is 0 Å². The van der Waals surface area contributed by atoms with Crippen molar-refractivity contribution in [2.45, 2.75) is 25.3 Å². The fourth-order valence-electron chi connectivity index (χ4n) is 2.29. The van der Waals surface area contributed by atoms with E-state index >= 15 is 0 Å². The molecule has 1 aliphatic rings. The van der Waals surface area contributed by atoms with Crippen molar-refractivity contribution in [3.05, 3.63) is 48.3 Å². The van der Waals surface area contributed by atoms with Gasteiger partial charge in [-0.1, -0.05) is 6.07 Å². The number of hydrogen-bond donors (Lipinski definition) is 0. The van der Waals surface area contributed by atoms with E-state index < -0.39 is 0 Å². The average molecular weight is 199 g/mol. The van der Waals surface area contributed by atoms with Crippen molar-refractivity contribution < 1.29 is 0 Å². The first-order valence-electron chi connectivity index (χ1n) is 5.37. The first-order chi connectivity index (χ1) is 7.45. The molecule has 0 aromatic carbocycles. The van der Waals surface area contributed by atoms with E-state index in [0.29, 0.717) is 6.04 Å². The number of pyridine rings is 1. The quantitative estimate of drug-likeness (QED) is 0.705. The summed E-state index contributed by atoms with van der Waals surface area (Å²) in [5.41, 5.74) is 2.48. The zero-order valence-corrected chi connectivity index (χ0v) is 8.50.